The molecular weight excluding hydrogens is 352 g/mol. The Hall–Kier alpha value is -3.00. The first-order valence-electron chi connectivity index (χ1n) is 8.18. The van der Waals surface area contributed by atoms with Gasteiger partial charge in [-0.15, -0.1) is 11.3 Å². The molecule has 26 heavy (non-hydrogen) atoms. The molecule has 8 heteroatoms. The number of thiophene rings is 1. The molecule has 3 aromatic heterocycles. The fourth-order valence-electron chi connectivity index (χ4n) is 2.81. The SMILES string of the molecule is CC(C)Cn1c(=O)c(=O)[nH]c2cc(-c3noc(-c4cccs4)n3)ccc21. The van der Waals surface area contributed by atoms with E-state index in [0.29, 0.717) is 34.9 Å². The lowest BCUT2D eigenvalue weighted by Gasteiger charge is -2.12. The highest BCUT2D eigenvalue weighted by atomic mass is 32.1. The van der Waals surface area contributed by atoms with E-state index in [-0.39, 0.29) is 5.92 Å². The highest BCUT2D eigenvalue weighted by molar-refractivity contribution is 7.13. The maximum absolute atomic E-state index is 12.2. The van der Waals surface area contributed by atoms with Crippen molar-refractivity contribution in [2.24, 2.45) is 5.92 Å². The molecule has 132 valence electrons. The Labute approximate surface area is 151 Å². The van der Waals surface area contributed by atoms with Crippen LogP contribution in [0.5, 0.6) is 0 Å². The third kappa shape index (κ3) is 2.88. The summed E-state index contributed by atoms with van der Waals surface area (Å²) in [7, 11) is 0. The molecule has 0 bridgehead atoms. The van der Waals surface area contributed by atoms with Gasteiger partial charge in [-0.25, -0.2) is 0 Å². The van der Waals surface area contributed by atoms with E-state index >= 15 is 0 Å². The topological polar surface area (TPSA) is 93.8 Å². The number of fused-ring (bicyclic) bond motifs is 1. The van der Waals surface area contributed by atoms with Crippen molar-refractivity contribution in [1.29, 1.82) is 0 Å². The van der Waals surface area contributed by atoms with Gasteiger partial charge >= 0.3 is 11.1 Å². The molecule has 4 aromatic rings. The fourth-order valence-corrected chi connectivity index (χ4v) is 3.45. The molecule has 0 spiro atoms. The van der Waals surface area contributed by atoms with Crippen LogP contribution in [-0.4, -0.2) is 19.7 Å². The van der Waals surface area contributed by atoms with E-state index in [0.717, 1.165) is 4.88 Å². The summed E-state index contributed by atoms with van der Waals surface area (Å²) in [6.07, 6.45) is 0. The van der Waals surface area contributed by atoms with Gasteiger partial charge in [0.2, 0.25) is 5.82 Å². The Morgan fingerprint density at radius 3 is 2.85 bits per heavy atom. The molecule has 0 saturated carbocycles. The standard InChI is InChI=1S/C18H16N4O3S/c1-10(2)9-22-13-6-5-11(8-12(13)19-16(23)18(22)24)15-20-17(25-21-15)14-4-3-7-26-14/h3-8,10H,9H2,1-2H3,(H,19,23). The predicted molar refractivity (Wildman–Crippen MR) is 100 cm³/mol. The number of hydrogen-bond acceptors (Lipinski definition) is 6. The van der Waals surface area contributed by atoms with E-state index in [4.69, 9.17) is 4.52 Å². The van der Waals surface area contributed by atoms with Crippen molar-refractivity contribution in [3.05, 3.63) is 56.4 Å². The summed E-state index contributed by atoms with van der Waals surface area (Å²) >= 11 is 1.52. The van der Waals surface area contributed by atoms with Gasteiger partial charge in [0.25, 0.3) is 5.89 Å². The molecule has 0 aliphatic heterocycles. The number of aromatic amines is 1. The van der Waals surface area contributed by atoms with Gasteiger partial charge in [0.05, 0.1) is 15.9 Å². The average Bonchev–Trinajstić information content (AvgIpc) is 3.29. The molecule has 0 aliphatic carbocycles. The van der Waals surface area contributed by atoms with Gasteiger partial charge in [0.1, 0.15) is 0 Å². The van der Waals surface area contributed by atoms with Crippen molar-refractivity contribution in [2.75, 3.05) is 0 Å². The van der Waals surface area contributed by atoms with Crippen molar-refractivity contribution in [2.45, 2.75) is 20.4 Å². The second-order valence-electron chi connectivity index (χ2n) is 6.40. The molecule has 7 nitrogen and oxygen atoms in total. The van der Waals surface area contributed by atoms with Gasteiger partial charge in [0.15, 0.2) is 0 Å². The molecule has 0 unspecified atom stereocenters. The summed E-state index contributed by atoms with van der Waals surface area (Å²) < 4.78 is 6.83. The zero-order valence-electron chi connectivity index (χ0n) is 14.2. The van der Waals surface area contributed by atoms with E-state index in [1.807, 2.05) is 37.4 Å². The van der Waals surface area contributed by atoms with Crippen LogP contribution in [0, 0.1) is 5.92 Å². The fraction of sp³-hybridized carbons (Fsp3) is 0.222. The molecule has 1 aromatic carbocycles. The monoisotopic (exact) mass is 368 g/mol. The maximum Gasteiger partial charge on any atom is 0.316 e. The highest BCUT2D eigenvalue weighted by Gasteiger charge is 2.14. The van der Waals surface area contributed by atoms with E-state index < -0.39 is 11.1 Å². The van der Waals surface area contributed by atoms with Crippen LogP contribution in [-0.2, 0) is 6.54 Å². The Balaban J connectivity index is 1.82. The minimum atomic E-state index is -0.636. The van der Waals surface area contributed by atoms with Gasteiger partial charge in [-0.05, 0) is 35.6 Å². The van der Waals surface area contributed by atoms with Crippen LogP contribution >= 0.6 is 11.3 Å². The Bertz CT molecular complexity index is 1190. The molecule has 0 aliphatic rings. The summed E-state index contributed by atoms with van der Waals surface area (Å²) in [5.41, 5.74) is 0.764. The molecule has 0 fully saturated rings. The van der Waals surface area contributed by atoms with Crippen molar-refractivity contribution in [1.82, 2.24) is 19.7 Å². The average molecular weight is 368 g/mol. The summed E-state index contributed by atoms with van der Waals surface area (Å²) in [4.78, 5) is 32.1. The van der Waals surface area contributed by atoms with E-state index in [1.54, 1.807) is 12.1 Å². The summed E-state index contributed by atoms with van der Waals surface area (Å²) in [5, 5.41) is 5.96. The quantitative estimate of drug-likeness (QED) is 0.559. The maximum atomic E-state index is 12.2. The van der Waals surface area contributed by atoms with Crippen LogP contribution in [0.3, 0.4) is 0 Å². The second kappa shape index (κ2) is 6.38. The van der Waals surface area contributed by atoms with Crippen LogP contribution < -0.4 is 11.1 Å². The van der Waals surface area contributed by atoms with Crippen molar-refractivity contribution >= 4 is 22.4 Å². The summed E-state index contributed by atoms with van der Waals surface area (Å²) in [6, 6.07) is 9.20. The summed E-state index contributed by atoms with van der Waals surface area (Å²) in [5.74, 6) is 1.12. The lowest BCUT2D eigenvalue weighted by molar-refractivity contribution is 0.433. The molecule has 1 N–H and O–H groups in total. The van der Waals surface area contributed by atoms with E-state index in [2.05, 4.69) is 15.1 Å². The molecule has 0 atom stereocenters. The van der Waals surface area contributed by atoms with Crippen LogP contribution in [0.4, 0.5) is 0 Å². The molecule has 0 amide bonds. The lowest BCUT2D eigenvalue weighted by atomic mass is 10.1. The first kappa shape index (κ1) is 16.5. The number of nitrogens with zero attached hydrogens (tertiary/aromatic N) is 3. The third-order valence-corrected chi connectivity index (χ3v) is 4.80. The largest absolute Gasteiger partial charge is 0.333 e. The molecule has 0 radical (unpaired) electrons. The van der Waals surface area contributed by atoms with Gasteiger partial charge in [-0.2, -0.15) is 4.98 Å². The molecule has 0 saturated heterocycles. The van der Waals surface area contributed by atoms with Crippen molar-refractivity contribution in [3.8, 4) is 22.2 Å². The van der Waals surface area contributed by atoms with E-state index in [9.17, 15) is 9.59 Å². The van der Waals surface area contributed by atoms with Crippen LogP contribution in [0.1, 0.15) is 13.8 Å². The van der Waals surface area contributed by atoms with Crippen LogP contribution in [0.2, 0.25) is 0 Å². The number of aromatic nitrogens is 4. The molecule has 3 heterocycles. The normalized spacial score (nSPS) is 11.5. The van der Waals surface area contributed by atoms with Gasteiger partial charge in [-0.3, -0.25) is 9.59 Å². The van der Waals surface area contributed by atoms with Gasteiger partial charge in [0, 0.05) is 12.1 Å². The first-order valence-corrected chi connectivity index (χ1v) is 9.06. The number of rotatable bonds is 4. The van der Waals surface area contributed by atoms with E-state index in [1.165, 1.54) is 15.9 Å². The smallest absolute Gasteiger partial charge is 0.316 e. The van der Waals surface area contributed by atoms with Crippen LogP contribution in [0.15, 0.2) is 49.8 Å². The highest BCUT2D eigenvalue weighted by Crippen LogP contribution is 2.26. The second-order valence-corrected chi connectivity index (χ2v) is 7.34. The van der Waals surface area contributed by atoms with Gasteiger partial charge in [-0.1, -0.05) is 25.1 Å². The predicted octanol–water partition coefficient (Wildman–Crippen LogP) is 3.12. The first-order chi connectivity index (χ1) is 12.5. The Kier molecular flexibility index (Phi) is 4.04. The Morgan fingerprint density at radius 2 is 2.12 bits per heavy atom. The number of hydrogen-bond donors (Lipinski definition) is 1. The number of benzene rings is 1. The third-order valence-electron chi connectivity index (χ3n) is 3.94. The van der Waals surface area contributed by atoms with Crippen LogP contribution in [0.25, 0.3) is 33.2 Å². The molecular formula is C18H16N4O3S. The minimum absolute atomic E-state index is 0.239. The van der Waals surface area contributed by atoms with Crippen molar-refractivity contribution < 1.29 is 4.52 Å². The zero-order valence-corrected chi connectivity index (χ0v) is 15.0. The number of nitrogens with one attached hydrogen (secondary N) is 1. The summed E-state index contributed by atoms with van der Waals surface area (Å²) in [6.45, 7) is 4.47. The number of H-pyrrole nitrogens is 1. The zero-order chi connectivity index (χ0) is 18.3. The van der Waals surface area contributed by atoms with Crippen molar-refractivity contribution in [3.63, 3.8) is 0 Å². The van der Waals surface area contributed by atoms with Gasteiger partial charge < -0.3 is 14.1 Å². The minimum Gasteiger partial charge on any atom is -0.333 e. The Morgan fingerprint density at radius 1 is 1.27 bits per heavy atom. The molecule has 4 rings (SSSR count). The lowest BCUT2D eigenvalue weighted by Crippen LogP contribution is -2.37.